The second-order valence-electron chi connectivity index (χ2n) is 4.54. The smallest absolute Gasteiger partial charge is 0.0928 e. The molecule has 3 nitrogen and oxygen atoms in total. The highest BCUT2D eigenvalue weighted by molar-refractivity contribution is 7.09. The van der Waals surface area contributed by atoms with Gasteiger partial charge < -0.3 is 10.2 Å². The number of aromatic nitrogens is 1. The molecule has 0 spiro atoms. The molecule has 1 aliphatic rings. The first kappa shape index (κ1) is 12.0. The zero-order valence-electron chi connectivity index (χ0n) is 10.2. The van der Waals surface area contributed by atoms with Gasteiger partial charge in [-0.15, -0.1) is 11.3 Å². The van der Waals surface area contributed by atoms with Gasteiger partial charge in [0.05, 0.1) is 10.7 Å². The van der Waals surface area contributed by atoms with E-state index in [2.05, 4.69) is 34.6 Å². The van der Waals surface area contributed by atoms with Crippen LogP contribution in [0.1, 0.15) is 24.0 Å². The molecule has 0 radical (unpaired) electrons. The summed E-state index contributed by atoms with van der Waals surface area (Å²) in [7, 11) is 2.20. The van der Waals surface area contributed by atoms with Crippen molar-refractivity contribution in [2.75, 3.05) is 26.7 Å². The minimum absolute atomic E-state index is 0.646. The predicted octanol–water partition coefficient (Wildman–Crippen LogP) is 1.54. The van der Waals surface area contributed by atoms with E-state index in [9.17, 15) is 0 Å². The van der Waals surface area contributed by atoms with Gasteiger partial charge in [0.25, 0.3) is 0 Å². The Hall–Kier alpha value is -0.450. The maximum absolute atomic E-state index is 4.61. The number of hydrogen-bond donors (Lipinski definition) is 1. The number of nitrogens with zero attached hydrogens (tertiary/aromatic N) is 2. The lowest BCUT2D eigenvalue weighted by molar-refractivity contribution is 0.232. The van der Waals surface area contributed by atoms with Crippen LogP contribution in [0.15, 0.2) is 5.38 Å². The second kappa shape index (κ2) is 5.75. The van der Waals surface area contributed by atoms with Crippen LogP contribution in [0.2, 0.25) is 0 Å². The Morgan fingerprint density at radius 1 is 1.62 bits per heavy atom. The molecule has 1 aromatic heterocycles. The molecule has 0 aromatic carbocycles. The van der Waals surface area contributed by atoms with Crippen LogP contribution < -0.4 is 5.32 Å². The lowest BCUT2D eigenvalue weighted by Gasteiger charge is -2.30. The van der Waals surface area contributed by atoms with E-state index in [0.29, 0.717) is 6.04 Å². The molecule has 2 rings (SSSR count). The highest BCUT2D eigenvalue weighted by Crippen LogP contribution is 2.14. The standard InChI is InChI=1S/C12H21N3S/c1-3-10-9-16-12(14-10)5-4-11-8-15(2)7-6-13-11/h9,11,13H,3-8H2,1-2H3. The predicted molar refractivity (Wildman–Crippen MR) is 69.1 cm³/mol. The summed E-state index contributed by atoms with van der Waals surface area (Å²) in [5.41, 5.74) is 1.24. The van der Waals surface area contributed by atoms with Crippen LogP contribution in [-0.2, 0) is 12.8 Å². The molecule has 0 aliphatic carbocycles. The Balaban J connectivity index is 1.78. The Bertz CT molecular complexity index is 324. The van der Waals surface area contributed by atoms with Crippen LogP contribution in [0, 0.1) is 0 Å². The molecule has 1 atom stereocenters. The first-order valence-electron chi connectivity index (χ1n) is 6.13. The van der Waals surface area contributed by atoms with Crippen LogP contribution in [0.5, 0.6) is 0 Å². The molecule has 90 valence electrons. The highest BCUT2D eigenvalue weighted by atomic mass is 32.1. The summed E-state index contributed by atoms with van der Waals surface area (Å²) in [6.07, 6.45) is 3.39. The van der Waals surface area contributed by atoms with Gasteiger partial charge in [-0.25, -0.2) is 4.98 Å². The van der Waals surface area contributed by atoms with Gasteiger partial charge in [-0.05, 0) is 19.9 Å². The summed E-state index contributed by atoms with van der Waals surface area (Å²) in [5, 5.41) is 7.06. The van der Waals surface area contributed by atoms with Crippen LogP contribution in [0.4, 0.5) is 0 Å². The summed E-state index contributed by atoms with van der Waals surface area (Å²) >= 11 is 1.81. The largest absolute Gasteiger partial charge is 0.311 e. The fraction of sp³-hybridized carbons (Fsp3) is 0.750. The van der Waals surface area contributed by atoms with E-state index in [1.54, 1.807) is 0 Å². The van der Waals surface area contributed by atoms with Gasteiger partial charge in [-0.3, -0.25) is 0 Å². The van der Waals surface area contributed by atoms with E-state index in [-0.39, 0.29) is 0 Å². The maximum Gasteiger partial charge on any atom is 0.0928 e. The third-order valence-corrected chi connectivity index (χ3v) is 4.08. The van der Waals surface area contributed by atoms with Crippen molar-refractivity contribution in [3.05, 3.63) is 16.1 Å². The fourth-order valence-electron chi connectivity index (χ4n) is 2.11. The van der Waals surface area contributed by atoms with Crippen molar-refractivity contribution < 1.29 is 0 Å². The molecule has 1 saturated heterocycles. The summed E-state index contributed by atoms with van der Waals surface area (Å²) < 4.78 is 0. The molecule has 0 bridgehead atoms. The minimum atomic E-state index is 0.646. The van der Waals surface area contributed by atoms with Gasteiger partial charge in [-0.1, -0.05) is 6.92 Å². The average molecular weight is 239 g/mol. The topological polar surface area (TPSA) is 28.2 Å². The Labute approximate surface area is 102 Å². The number of aryl methyl sites for hydroxylation is 2. The van der Waals surface area contributed by atoms with Gasteiger partial charge >= 0.3 is 0 Å². The third kappa shape index (κ3) is 3.27. The van der Waals surface area contributed by atoms with Crippen LogP contribution in [-0.4, -0.2) is 42.6 Å². The molecule has 2 heterocycles. The van der Waals surface area contributed by atoms with E-state index < -0.39 is 0 Å². The Kier molecular flexibility index (Phi) is 4.32. The van der Waals surface area contributed by atoms with Crippen molar-refractivity contribution >= 4 is 11.3 Å². The molecule has 1 N–H and O–H groups in total. The van der Waals surface area contributed by atoms with E-state index in [4.69, 9.17) is 0 Å². The van der Waals surface area contributed by atoms with Gasteiger partial charge in [0, 0.05) is 37.5 Å². The maximum atomic E-state index is 4.61. The fourth-order valence-corrected chi connectivity index (χ4v) is 3.01. The van der Waals surface area contributed by atoms with E-state index in [0.717, 1.165) is 19.4 Å². The van der Waals surface area contributed by atoms with E-state index in [1.807, 2.05) is 11.3 Å². The van der Waals surface area contributed by atoms with Crippen LogP contribution in [0.25, 0.3) is 0 Å². The SMILES string of the molecule is CCc1csc(CCC2CN(C)CCN2)n1. The molecule has 0 amide bonds. The average Bonchev–Trinajstić information content (AvgIpc) is 2.74. The van der Waals surface area contributed by atoms with Crippen molar-refractivity contribution in [2.45, 2.75) is 32.2 Å². The Morgan fingerprint density at radius 3 is 3.19 bits per heavy atom. The summed E-state index contributed by atoms with van der Waals surface area (Å²) in [6, 6.07) is 0.646. The molecule has 1 aliphatic heterocycles. The number of piperazine rings is 1. The molecule has 0 saturated carbocycles. The summed E-state index contributed by atoms with van der Waals surface area (Å²) in [6.45, 7) is 5.63. The summed E-state index contributed by atoms with van der Waals surface area (Å²) in [4.78, 5) is 7.01. The number of nitrogens with one attached hydrogen (secondary N) is 1. The third-order valence-electron chi connectivity index (χ3n) is 3.13. The summed E-state index contributed by atoms with van der Waals surface area (Å²) in [5.74, 6) is 0. The molecular weight excluding hydrogens is 218 g/mol. The van der Waals surface area contributed by atoms with Crippen LogP contribution in [0.3, 0.4) is 0 Å². The highest BCUT2D eigenvalue weighted by Gasteiger charge is 2.16. The number of hydrogen-bond acceptors (Lipinski definition) is 4. The monoisotopic (exact) mass is 239 g/mol. The second-order valence-corrected chi connectivity index (χ2v) is 5.48. The van der Waals surface area contributed by atoms with Crippen molar-refractivity contribution in [1.29, 1.82) is 0 Å². The lowest BCUT2D eigenvalue weighted by atomic mass is 10.1. The molecular formula is C12H21N3S. The van der Waals surface area contributed by atoms with Crippen LogP contribution >= 0.6 is 11.3 Å². The number of rotatable bonds is 4. The van der Waals surface area contributed by atoms with Crippen molar-refractivity contribution in [3.8, 4) is 0 Å². The molecule has 4 heteroatoms. The first-order valence-corrected chi connectivity index (χ1v) is 7.01. The van der Waals surface area contributed by atoms with Gasteiger partial charge in [0.1, 0.15) is 0 Å². The normalized spacial score (nSPS) is 22.5. The molecule has 16 heavy (non-hydrogen) atoms. The molecule has 1 fully saturated rings. The van der Waals surface area contributed by atoms with Gasteiger partial charge in [0.2, 0.25) is 0 Å². The number of thiazole rings is 1. The molecule has 1 aromatic rings. The Morgan fingerprint density at radius 2 is 2.50 bits per heavy atom. The zero-order valence-corrected chi connectivity index (χ0v) is 11.0. The first-order chi connectivity index (χ1) is 7.78. The van der Waals surface area contributed by atoms with Crippen molar-refractivity contribution in [1.82, 2.24) is 15.2 Å². The quantitative estimate of drug-likeness (QED) is 0.864. The molecule has 1 unspecified atom stereocenters. The van der Waals surface area contributed by atoms with E-state index in [1.165, 1.54) is 30.2 Å². The van der Waals surface area contributed by atoms with Crippen molar-refractivity contribution in [2.24, 2.45) is 0 Å². The number of likely N-dealkylation sites (N-methyl/N-ethyl adjacent to an activating group) is 1. The lowest BCUT2D eigenvalue weighted by Crippen LogP contribution is -2.49. The minimum Gasteiger partial charge on any atom is -0.311 e. The van der Waals surface area contributed by atoms with E-state index >= 15 is 0 Å². The zero-order chi connectivity index (χ0) is 11.4. The van der Waals surface area contributed by atoms with Gasteiger partial charge in [-0.2, -0.15) is 0 Å². The van der Waals surface area contributed by atoms with Gasteiger partial charge in [0.15, 0.2) is 0 Å². The van der Waals surface area contributed by atoms with Crippen molar-refractivity contribution in [3.63, 3.8) is 0 Å².